The molecule has 0 aliphatic rings. The second-order valence-electron chi connectivity index (χ2n) is 3.57. The fraction of sp³-hybridized carbons (Fsp3) is 0.182. The molecule has 78 valence electrons. The van der Waals surface area contributed by atoms with Crippen molar-refractivity contribution in [1.29, 1.82) is 0 Å². The Hall–Kier alpha value is -1.48. The van der Waals surface area contributed by atoms with E-state index < -0.39 is 0 Å². The van der Waals surface area contributed by atoms with Gasteiger partial charge in [-0.05, 0) is 31.5 Å². The first-order chi connectivity index (χ1) is 7.09. The van der Waals surface area contributed by atoms with Crippen LogP contribution in [0.1, 0.15) is 11.1 Å². The van der Waals surface area contributed by atoms with Crippen LogP contribution in [0.3, 0.4) is 0 Å². The van der Waals surface area contributed by atoms with E-state index >= 15 is 0 Å². The zero-order valence-electron chi connectivity index (χ0n) is 8.63. The summed E-state index contributed by atoms with van der Waals surface area (Å²) in [6, 6.07) is 5.76. The number of H-pyrrole nitrogens is 1. The van der Waals surface area contributed by atoms with E-state index in [1.54, 1.807) is 0 Å². The largest absolute Gasteiger partial charge is 0.382 e. The normalized spacial score (nSPS) is 10.6. The highest BCUT2D eigenvalue weighted by Gasteiger charge is 2.10. The van der Waals surface area contributed by atoms with Crippen LogP contribution in [0.25, 0.3) is 11.3 Å². The molecule has 0 amide bonds. The van der Waals surface area contributed by atoms with Gasteiger partial charge >= 0.3 is 0 Å². The van der Waals surface area contributed by atoms with Crippen molar-refractivity contribution in [2.75, 3.05) is 5.73 Å². The Kier molecular flexibility index (Phi) is 2.40. The summed E-state index contributed by atoms with van der Waals surface area (Å²) in [5.41, 5.74) is 9.81. The fourth-order valence-corrected chi connectivity index (χ4v) is 1.81. The first-order valence-electron chi connectivity index (χ1n) is 4.66. The summed E-state index contributed by atoms with van der Waals surface area (Å²) in [6.07, 6.45) is 0. The highest BCUT2D eigenvalue weighted by Crippen LogP contribution is 2.28. The molecule has 1 heterocycles. The van der Waals surface area contributed by atoms with Crippen LogP contribution >= 0.6 is 11.6 Å². The van der Waals surface area contributed by atoms with Gasteiger partial charge in [0.15, 0.2) is 0 Å². The van der Waals surface area contributed by atoms with Gasteiger partial charge in [0, 0.05) is 16.1 Å². The Labute approximate surface area is 93.3 Å². The molecule has 0 aliphatic carbocycles. The summed E-state index contributed by atoms with van der Waals surface area (Å²) >= 11 is 5.90. The van der Waals surface area contributed by atoms with Crippen LogP contribution < -0.4 is 5.73 Å². The third-order valence-corrected chi connectivity index (χ3v) is 2.74. The monoisotopic (exact) mass is 221 g/mol. The van der Waals surface area contributed by atoms with Crippen molar-refractivity contribution >= 4 is 17.4 Å². The third kappa shape index (κ3) is 1.70. The van der Waals surface area contributed by atoms with Gasteiger partial charge in [0.05, 0.1) is 5.69 Å². The number of benzene rings is 1. The maximum Gasteiger partial charge on any atom is 0.148 e. The Morgan fingerprint density at radius 1 is 1.33 bits per heavy atom. The van der Waals surface area contributed by atoms with Gasteiger partial charge in [0.25, 0.3) is 0 Å². The van der Waals surface area contributed by atoms with Crippen molar-refractivity contribution < 1.29 is 0 Å². The van der Waals surface area contributed by atoms with Crippen LogP contribution in [0.2, 0.25) is 5.02 Å². The zero-order valence-corrected chi connectivity index (χ0v) is 9.39. The van der Waals surface area contributed by atoms with Crippen molar-refractivity contribution in [3.63, 3.8) is 0 Å². The number of nitrogens with one attached hydrogen (secondary N) is 1. The summed E-state index contributed by atoms with van der Waals surface area (Å²) < 4.78 is 0. The lowest BCUT2D eigenvalue weighted by Gasteiger charge is -2.04. The number of aromatic nitrogens is 2. The number of hydrogen-bond acceptors (Lipinski definition) is 2. The predicted molar refractivity (Wildman–Crippen MR) is 62.9 cm³/mol. The number of nitrogens with two attached hydrogens (primary N) is 1. The number of nitrogens with zero attached hydrogens (tertiary/aromatic N) is 1. The Morgan fingerprint density at radius 2 is 2.07 bits per heavy atom. The summed E-state index contributed by atoms with van der Waals surface area (Å²) in [5, 5.41) is 7.65. The van der Waals surface area contributed by atoms with Crippen molar-refractivity contribution in [2.24, 2.45) is 0 Å². The SMILES string of the molecule is Cc1cc(Cl)ccc1-c1[nH]nc(N)c1C. The zero-order chi connectivity index (χ0) is 11.0. The number of rotatable bonds is 1. The topological polar surface area (TPSA) is 54.7 Å². The van der Waals surface area contributed by atoms with E-state index in [1.165, 1.54) is 0 Å². The Morgan fingerprint density at radius 3 is 2.60 bits per heavy atom. The molecule has 0 saturated heterocycles. The molecule has 0 spiro atoms. The minimum atomic E-state index is 0.541. The molecule has 0 atom stereocenters. The first kappa shape index (κ1) is 10.1. The quantitative estimate of drug-likeness (QED) is 0.778. The van der Waals surface area contributed by atoms with E-state index in [0.29, 0.717) is 5.82 Å². The summed E-state index contributed by atoms with van der Waals surface area (Å²) in [6.45, 7) is 3.96. The third-order valence-electron chi connectivity index (χ3n) is 2.51. The van der Waals surface area contributed by atoms with Gasteiger partial charge in [0.2, 0.25) is 0 Å². The molecular formula is C11H12ClN3. The molecule has 0 saturated carbocycles. The van der Waals surface area contributed by atoms with Crippen molar-refractivity contribution in [3.05, 3.63) is 34.3 Å². The summed E-state index contributed by atoms with van der Waals surface area (Å²) in [4.78, 5) is 0. The van der Waals surface area contributed by atoms with Gasteiger partial charge in [-0.25, -0.2) is 0 Å². The highest BCUT2D eigenvalue weighted by atomic mass is 35.5. The molecule has 3 nitrogen and oxygen atoms in total. The van der Waals surface area contributed by atoms with Gasteiger partial charge in [-0.15, -0.1) is 0 Å². The minimum Gasteiger partial charge on any atom is -0.382 e. The Balaban J connectivity index is 2.59. The second-order valence-corrected chi connectivity index (χ2v) is 4.00. The molecule has 3 N–H and O–H groups in total. The summed E-state index contributed by atoms with van der Waals surface area (Å²) in [5.74, 6) is 0.541. The van der Waals surface area contributed by atoms with Gasteiger partial charge in [-0.1, -0.05) is 17.7 Å². The highest BCUT2D eigenvalue weighted by molar-refractivity contribution is 6.30. The predicted octanol–water partition coefficient (Wildman–Crippen LogP) is 2.93. The fourth-order valence-electron chi connectivity index (χ4n) is 1.58. The molecule has 0 unspecified atom stereocenters. The molecule has 0 radical (unpaired) electrons. The molecule has 1 aromatic heterocycles. The number of aromatic amines is 1. The standard InChI is InChI=1S/C11H12ClN3/c1-6-5-8(12)3-4-9(6)10-7(2)11(13)15-14-10/h3-5H,1-2H3,(H3,13,14,15). The van der Waals surface area contributed by atoms with E-state index in [0.717, 1.165) is 27.4 Å². The lowest BCUT2D eigenvalue weighted by molar-refractivity contribution is 1.10. The van der Waals surface area contributed by atoms with E-state index in [-0.39, 0.29) is 0 Å². The average Bonchev–Trinajstić information content (AvgIpc) is 2.49. The van der Waals surface area contributed by atoms with Gasteiger partial charge < -0.3 is 5.73 Å². The Bertz CT molecular complexity index is 503. The lowest BCUT2D eigenvalue weighted by Crippen LogP contribution is -1.88. The molecule has 0 bridgehead atoms. The maximum absolute atomic E-state index is 5.90. The molecule has 2 aromatic rings. The molecule has 4 heteroatoms. The van der Waals surface area contributed by atoms with E-state index in [1.807, 2.05) is 32.0 Å². The minimum absolute atomic E-state index is 0.541. The molecular weight excluding hydrogens is 210 g/mol. The van der Waals surface area contributed by atoms with Crippen LogP contribution in [-0.2, 0) is 0 Å². The van der Waals surface area contributed by atoms with Crippen LogP contribution in [0.5, 0.6) is 0 Å². The molecule has 2 rings (SSSR count). The van der Waals surface area contributed by atoms with E-state index in [4.69, 9.17) is 17.3 Å². The lowest BCUT2D eigenvalue weighted by atomic mass is 10.0. The molecule has 1 aromatic carbocycles. The maximum atomic E-state index is 5.90. The van der Waals surface area contributed by atoms with E-state index in [9.17, 15) is 0 Å². The number of halogens is 1. The molecule has 0 aliphatic heterocycles. The first-order valence-corrected chi connectivity index (χ1v) is 5.04. The molecule has 0 fully saturated rings. The number of nitrogen functional groups attached to an aromatic ring is 1. The number of aryl methyl sites for hydroxylation is 1. The summed E-state index contributed by atoms with van der Waals surface area (Å²) in [7, 11) is 0. The van der Waals surface area contributed by atoms with Crippen molar-refractivity contribution in [2.45, 2.75) is 13.8 Å². The van der Waals surface area contributed by atoms with Gasteiger partial charge in [0.1, 0.15) is 5.82 Å². The van der Waals surface area contributed by atoms with Crippen LogP contribution in [0.4, 0.5) is 5.82 Å². The van der Waals surface area contributed by atoms with Gasteiger partial charge in [-0.3, -0.25) is 5.10 Å². The van der Waals surface area contributed by atoms with Crippen LogP contribution in [0, 0.1) is 13.8 Å². The van der Waals surface area contributed by atoms with Crippen molar-refractivity contribution in [1.82, 2.24) is 10.2 Å². The smallest absolute Gasteiger partial charge is 0.148 e. The number of anilines is 1. The van der Waals surface area contributed by atoms with Crippen molar-refractivity contribution in [3.8, 4) is 11.3 Å². The number of hydrogen-bond donors (Lipinski definition) is 2. The average molecular weight is 222 g/mol. The molecule has 15 heavy (non-hydrogen) atoms. The van der Waals surface area contributed by atoms with Crippen LogP contribution in [-0.4, -0.2) is 10.2 Å². The van der Waals surface area contributed by atoms with Gasteiger partial charge in [-0.2, -0.15) is 5.10 Å². The van der Waals surface area contributed by atoms with Crippen LogP contribution in [0.15, 0.2) is 18.2 Å². The second kappa shape index (κ2) is 3.59. The van der Waals surface area contributed by atoms with E-state index in [2.05, 4.69) is 10.2 Å².